The quantitative estimate of drug-likeness (QED) is 0.681. The van der Waals surface area contributed by atoms with Crippen LogP contribution in [0.3, 0.4) is 0 Å². The lowest BCUT2D eigenvalue weighted by molar-refractivity contribution is 0.582. The van der Waals surface area contributed by atoms with Crippen LogP contribution in [0.15, 0.2) is 34.4 Å². The Bertz CT molecular complexity index is 959. The van der Waals surface area contributed by atoms with Gasteiger partial charge >= 0.3 is 0 Å². The van der Waals surface area contributed by atoms with Crippen LogP contribution in [0, 0.1) is 25.5 Å². The molecule has 2 aromatic heterocycles. The van der Waals surface area contributed by atoms with E-state index in [9.17, 15) is 13.6 Å². The summed E-state index contributed by atoms with van der Waals surface area (Å²) in [4.78, 5) is 18.2. The molecule has 1 aromatic carbocycles. The third-order valence-corrected chi connectivity index (χ3v) is 4.47. The summed E-state index contributed by atoms with van der Waals surface area (Å²) >= 11 is 1.44. The molecule has 0 saturated carbocycles. The van der Waals surface area contributed by atoms with Crippen molar-refractivity contribution in [3.63, 3.8) is 0 Å². The van der Waals surface area contributed by atoms with Gasteiger partial charge < -0.3 is 0 Å². The molecule has 0 saturated heterocycles. The molecule has 0 spiro atoms. The molecule has 3 aromatic rings. The van der Waals surface area contributed by atoms with Crippen LogP contribution in [-0.2, 0) is 0 Å². The first-order valence-corrected chi connectivity index (χ1v) is 7.26. The van der Waals surface area contributed by atoms with Crippen LogP contribution in [0.4, 0.5) is 8.78 Å². The Kier molecular flexibility index (Phi) is 3.58. The van der Waals surface area contributed by atoms with Crippen molar-refractivity contribution in [2.24, 2.45) is 5.10 Å². The van der Waals surface area contributed by atoms with E-state index in [-0.39, 0.29) is 11.1 Å². The lowest BCUT2D eigenvalue weighted by atomic mass is 10.2. The van der Waals surface area contributed by atoms with Gasteiger partial charge in [-0.3, -0.25) is 4.79 Å². The Morgan fingerprint density at radius 3 is 2.82 bits per heavy atom. The first-order valence-electron chi connectivity index (χ1n) is 6.44. The lowest BCUT2D eigenvalue weighted by Gasteiger charge is -1.99. The normalized spacial score (nSPS) is 11.6. The molecule has 0 N–H and O–H groups in total. The third-order valence-electron chi connectivity index (χ3n) is 3.36. The highest BCUT2D eigenvalue weighted by molar-refractivity contribution is 7.18. The fourth-order valence-corrected chi connectivity index (χ4v) is 3.03. The summed E-state index contributed by atoms with van der Waals surface area (Å²) in [6.45, 7) is 3.77. The molecule has 4 nitrogen and oxygen atoms in total. The molecule has 22 heavy (non-hydrogen) atoms. The van der Waals surface area contributed by atoms with Gasteiger partial charge in [0.25, 0.3) is 5.56 Å². The van der Waals surface area contributed by atoms with Crippen molar-refractivity contribution in [1.29, 1.82) is 0 Å². The molecule has 0 amide bonds. The van der Waals surface area contributed by atoms with Crippen LogP contribution < -0.4 is 5.56 Å². The number of aryl methyl sites for hydroxylation is 2. The van der Waals surface area contributed by atoms with Crippen molar-refractivity contribution < 1.29 is 8.78 Å². The zero-order valence-corrected chi connectivity index (χ0v) is 12.6. The summed E-state index contributed by atoms with van der Waals surface area (Å²) < 4.78 is 27.4. The summed E-state index contributed by atoms with van der Waals surface area (Å²) in [6.07, 6.45) is 2.45. The SMILES string of the molecule is Cc1sc2ncn(/N=C/c3ccc(F)cc3F)c(=O)c2c1C. The molecule has 0 aliphatic rings. The van der Waals surface area contributed by atoms with E-state index >= 15 is 0 Å². The van der Waals surface area contributed by atoms with Gasteiger partial charge in [0.15, 0.2) is 0 Å². The number of nitrogens with zero attached hydrogens (tertiary/aromatic N) is 3. The van der Waals surface area contributed by atoms with Crippen molar-refractivity contribution in [3.05, 3.63) is 62.5 Å². The monoisotopic (exact) mass is 319 g/mol. The van der Waals surface area contributed by atoms with E-state index in [0.717, 1.165) is 33.5 Å². The van der Waals surface area contributed by atoms with E-state index in [1.54, 1.807) is 0 Å². The Morgan fingerprint density at radius 1 is 1.32 bits per heavy atom. The maximum atomic E-state index is 13.5. The smallest absolute Gasteiger partial charge is 0.267 e. The van der Waals surface area contributed by atoms with Crippen LogP contribution >= 0.6 is 11.3 Å². The molecule has 0 aliphatic carbocycles. The Morgan fingerprint density at radius 2 is 2.09 bits per heavy atom. The number of benzene rings is 1. The zero-order chi connectivity index (χ0) is 15.9. The average molecular weight is 319 g/mol. The zero-order valence-electron chi connectivity index (χ0n) is 11.8. The number of hydrogen-bond donors (Lipinski definition) is 0. The standard InChI is InChI=1S/C15H11F2N3OS/c1-8-9(2)22-14-13(8)15(21)20(7-18-14)19-6-10-3-4-11(16)5-12(10)17/h3-7H,1-2H3/b19-6+. The summed E-state index contributed by atoms with van der Waals surface area (Å²) in [5.74, 6) is -1.41. The number of thiophene rings is 1. The number of fused-ring (bicyclic) bond motifs is 1. The third kappa shape index (κ3) is 2.43. The predicted octanol–water partition coefficient (Wildman–Crippen LogP) is 3.24. The Balaban J connectivity index is 2.07. The molecule has 0 atom stereocenters. The topological polar surface area (TPSA) is 47.2 Å². The van der Waals surface area contributed by atoms with E-state index in [0.29, 0.717) is 10.2 Å². The second kappa shape index (κ2) is 5.42. The van der Waals surface area contributed by atoms with Crippen molar-refractivity contribution in [1.82, 2.24) is 9.66 Å². The van der Waals surface area contributed by atoms with Crippen molar-refractivity contribution in [3.8, 4) is 0 Å². The molecular formula is C15H11F2N3OS. The highest BCUT2D eigenvalue weighted by Gasteiger charge is 2.11. The van der Waals surface area contributed by atoms with E-state index in [1.165, 1.54) is 23.7 Å². The predicted molar refractivity (Wildman–Crippen MR) is 82.7 cm³/mol. The Hall–Kier alpha value is -2.41. The molecule has 0 unspecified atom stereocenters. The minimum atomic E-state index is -0.742. The van der Waals surface area contributed by atoms with Crippen LogP contribution in [0.1, 0.15) is 16.0 Å². The summed E-state index contributed by atoms with van der Waals surface area (Å²) in [5, 5.41) is 4.44. The van der Waals surface area contributed by atoms with Gasteiger partial charge in [0.1, 0.15) is 22.8 Å². The van der Waals surface area contributed by atoms with Gasteiger partial charge in [0.2, 0.25) is 0 Å². The first-order chi connectivity index (χ1) is 10.5. The maximum absolute atomic E-state index is 13.5. The molecule has 0 radical (unpaired) electrons. The second-order valence-electron chi connectivity index (χ2n) is 4.77. The summed E-state index contributed by atoms with van der Waals surface area (Å²) in [7, 11) is 0. The fourth-order valence-electron chi connectivity index (χ4n) is 2.04. The number of halogens is 2. The van der Waals surface area contributed by atoms with Crippen LogP contribution in [0.5, 0.6) is 0 Å². The van der Waals surface area contributed by atoms with E-state index in [2.05, 4.69) is 10.1 Å². The largest absolute Gasteiger partial charge is 0.282 e. The maximum Gasteiger partial charge on any atom is 0.282 e. The number of hydrogen-bond acceptors (Lipinski definition) is 4. The van der Waals surface area contributed by atoms with E-state index in [1.807, 2.05) is 13.8 Å². The van der Waals surface area contributed by atoms with Crippen LogP contribution in [0.2, 0.25) is 0 Å². The van der Waals surface area contributed by atoms with Crippen LogP contribution in [-0.4, -0.2) is 15.9 Å². The molecule has 0 fully saturated rings. The average Bonchev–Trinajstić information content (AvgIpc) is 2.76. The number of aromatic nitrogens is 2. The highest BCUT2D eigenvalue weighted by atomic mass is 32.1. The van der Waals surface area contributed by atoms with E-state index < -0.39 is 11.6 Å². The van der Waals surface area contributed by atoms with Gasteiger partial charge in [-0.2, -0.15) is 9.78 Å². The van der Waals surface area contributed by atoms with Crippen LogP contribution in [0.25, 0.3) is 10.2 Å². The summed E-state index contributed by atoms with van der Waals surface area (Å²) in [6, 6.07) is 3.14. The van der Waals surface area contributed by atoms with Gasteiger partial charge in [-0.15, -0.1) is 11.3 Å². The summed E-state index contributed by atoms with van der Waals surface area (Å²) in [5.41, 5.74) is 0.646. The molecule has 2 heterocycles. The molecule has 112 valence electrons. The first kappa shape index (κ1) is 14.5. The fraction of sp³-hybridized carbons (Fsp3) is 0.133. The van der Waals surface area contributed by atoms with Crippen molar-refractivity contribution in [2.45, 2.75) is 13.8 Å². The Labute approximate surface area is 128 Å². The van der Waals surface area contributed by atoms with Gasteiger partial charge in [-0.05, 0) is 31.5 Å². The number of rotatable bonds is 2. The highest BCUT2D eigenvalue weighted by Crippen LogP contribution is 2.25. The molecule has 0 bridgehead atoms. The van der Waals surface area contributed by atoms with Gasteiger partial charge in [-0.1, -0.05) is 0 Å². The molecule has 3 rings (SSSR count). The second-order valence-corrected chi connectivity index (χ2v) is 5.97. The van der Waals surface area contributed by atoms with Gasteiger partial charge in [0, 0.05) is 16.5 Å². The molecule has 7 heteroatoms. The van der Waals surface area contributed by atoms with Crippen molar-refractivity contribution >= 4 is 27.8 Å². The minimum Gasteiger partial charge on any atom is -0.267 e. The van der Waals surface area contributed by atoms with Gasteiger partial charge in [-0.25, -0.2) is 13.8 Å². The van der Waals surface area contributed by atoms with E-state index in [4.69, 9.17) is 0 Å². The van der Waals surface area contributed by atoms with Crippen molar-refractivity contribution in [2.75, 3.05) is 0 Å². The molecule has 0 aliphatic heterocycles. The lowest BCUT2D eigenvalue weighted by Crippen LogP contribution is -2.17. The minimum absolute atomic E-state index is 0.0895. The molecular weight excluding hydrogens is 308 g/mol. The van der Waals surface area contributed by atoms with Gasteiger partial charge in [0.05, 0.1) is 11.6 Å².